The first-order valence-electron chi connectivity index (χ1n) is 5.99. The second kappa shape index (κ2) is 4.12. The molecule has 0 aromatic carbocycles. The molecule has 0 atom stereocenters. The summed E-state index contributed by atoms with van der Waals surface area (Å²) in [6.07, 6.45) is 2.40. The molecule has 0 radical (unpaired) electrons. The highest BCUT2D eigenvalue weighted by Crippen LogP contribution is 2.24. The van der Waals surface area contributed by atoms with Crippen LogP contribution in [0.1, 0.15) is 42.5 Å². The van der Waals surface area contributed by atoms with Crippen LogP contribution in [0.25, 0.3) is 5.65 Å². The van der Waals surface area contributed by atoms with Crippen LogP contribution in [0.4, 0.5) is 0 Å². The Morgan fingerprint density at radius 3 is 2.67 bits per heavy atom. The quantitative estimate of drug-likeness (QED) is 0.886. The molecule has 4 heteroatoms. The summed E-state index contributed by atoms with van der Waals surface area (Å²) in [7, 11) is 0. The van der Waals surface area contributed by atoms with Crippen LogP contribution in [0, 0.1) is 12.3 Å². The average molecular weight is 246 g/mol. The molecule has 0 unspecified atom stereocenters. The van der Waals surface area contributed by atoms with Crippen LogP contribution < -0.4 is 0 Å². The molecule has 2 heterocycles. The number of fused-ring (bicyclic) bond motifs is 1. The van der Waals surface area contributed by atoms with Gasteiger partial charge in [-0.2, -0.15) is 0 Å². The van der Waals surface area contributed by atoms with Gasteiger partial charge in [0.25, 0.3) is 0 Å². The zero-order chi connectivity index (χ0) is 13.5. The zero-order valence-electron chi connectivity index (χ0n) is 11.2. The molecule has 0 amide bonds. The number of aromatic carboxylic acids is 1. The van der Waals surface area contributed by atoms with Crippen LogP contribution in [0.5, 0.6) is 0 Å². The summed E-state index contributed by atoms with van der Waals surface area (Å²) in [5.74, 6) is -0.924. The maximum atomic E-state index is 11.4. The van der Waals surface area contributed by atoms with Gasteiger partial charge in [0.05, 0.1) is 5.69 Å². The monoisotopic (exact) mass is 246 g/mol. The highest BCUT2D eigenvalue weighted by atomic mass is 16.4. The summed E-state index contributed by atoms with van der Waals surface area (Å²) in [5, 5.41) is 9.38. The molecular formula is C14H18N2O2. The van der Waals surface area contributed by atoms with E-state index in [0.717, 1.165) is 11.2 Å². The number of rotatable bonds is 2. The molecule has 0 aliphatic carbocycles. The fourth-order valence-electron chi connectivity index (χ4n) is 2.10. The van der Waals surface area contributed by atoms with Gasteiger partial charge in [-0.3, -0.25) is 4.40 Å². The van der Waals surface area contributed by atoms with Crippen LogP contribution in [0.3, 0.4) is 0 Å². The minimum atomic E-state index is -0.924. The molecule has 0 fully saturated rings. The van der Waals surface area contributed by atoms with Crippen molar-refractivity contribution in [3.63, 3.8) is 0 Å². The van der Waals surface area contributed by atoms with Gasteiger partial charge in [-0.05, 0) is 30.4 Å². The maximum Gasteiger partial charge on any atom is 0.354 e. The lowest BCUT2D eigenvalue weighted by molar-refractivity contribution is 0.0687. The van der Waals surface area contributed by atoms with Gasteiger partial charge >= 0.3 is 5.97 Å². The van der Waals surface area contributed by atoms with E-state index in [1.54, 1.807) is 10.6 Å². The Balaban J connectivity index is 2.69. The molecule has 0 saturated carbocycles. The predicted octanol–water partition coefficient (Wildman–Crippen LogP) is 2.93. The number of aryl methyl sites for hydroxylation is 1. The van der Waals surface area contributed by atoms with Gasteiger partial charge in [0.1, 0.15) is 5.65 Å². The van der Waals surface area contributed by atoms with Crippen molar-refractivity contribution in [2.75, 3.05) is 0 Å². The Bertz CT molecular complexity index is 606. The molecule has 2 aromatic rings. The molecule has 2 aromatic heterocycles. The lowest BCUT2D eigenvalue weighted by Crippen LogP contribution is -2.13. The van der Waals surface area contributed by atoms with Gasteiger partial charge in [0.2, 0.25) is 0 Å². The van der Waals surface area contributed by atoms with Gasteiger partial charge in [-0.25, -0.2) is 9.78 Å². The Hall–Kier alpha value is -1.84. The Labute approximate surface area is 106 Å². The summed E-state index contributed by atoms with van der Waals surface area (Å²) in [5.41, 5.74) is 2.66. The summed E-state index contributed by atoms with van der Waals surface area (Å²) in [4.78, 5) is 15.9. The first kappa shape index (κ1) is 12.6. The lowest BCUT2D eigenvalue weighted by Gasteiger charge is -2.16. The number of carboxylic acid groups (broad SMARTS) is 1. The number of pyridine rings is 1. The van der Waals surface area contributed by atoms with Crippen LogP contribution in [-0.4, -0.2) is 20.5 Å². The zero-order valence-corrected chi connectivity index (χ0v) is 11.2. The van der Waals surface area contributed by atoms with E-state index in [1.807, 2.05) is 19.1 Å². The number of nitrogens with zero attached hydrogens (tertiary/aromatic N) is 2. The topological polar surface area (TPSA) is 54.6 Å². The largest absolute Gasteiger partial charge is 0.477 e. The Morgan fingerprint density at radius 2 is 2.11 bits per heavy atom. The number of imidazole rings is 1. The molecule has 0 aliphatic heterocycles. The van der Waals surface area contributed by atoms with Crippen molar-refractivity contribution in [2.24, 2.45) is 5.41 Å². The summed E-state index contributed by atoms with van der Waals surface area (Å²) < 4.78 is 1.67. The SMILES string of the molecule is Cc1cccn2c(C(=O)O)c(CC(C)(C)C)nc12. The fraction of sp³-hybridized carbons (Fsp3) is 0.429. The van der Waals surface area contributed by atoms with E-state index in [-0.39, 0.29) is 11.1 Å². The second-order valence-corrected chi connectivity index (χ2v) is 5.83. The van der Waals surface area contributed by atoms with Crippen molar-refractivity contribution >= 4 is 11.6 Å². The fourth-order valence-corrected chi connectivity index (χ4v) is 2.10. The van der Waals surface area contributed by atoms with Gasteiger partial charge in [0, 0.05) is 6.20 Å². The van der Waals surface area contributed by atoms with Crippen LogP contribution in [-0.2, 0) is 6.42 Å². The maximum absolute atomic E-state index is 11.4. The molecule has 0 aliphatic rings. The average Bonchev–Trinajstić information content (AvgIpc) is 2.54. The minimum absolute atomic E-state index is 0.00996. The number of hydrogen-bond donors (Lipinski definition) is 1. The van der Waals surface area contributed by atoms with Gasteiger partial charge in [0.15, 0.2) is 5.69 Å². The second-order valence-electron chi connectivity index (χ2n) is 5.83. The minimum Gasteiger partial charge on any atom is -0.477 e. The molecule has 0 spiro atoms. The van der Waals surface area contributed by atoms with E-state index in [9.17, 15) is 9.90 Å². The summed E-state index contributed by atoms with van der Waals surface area (Å²) in [6.45, 7) is 8.18. The molecule has 2 rings (SSSR count). The van der Waals surface area contributed by atoms with Gasteiger partial charge < -0.3 is 5.11 Å². The standard InChI is InChI=1S/C14H18N2O2/c1-9-6-5-7-16-11(13(17)18)10(15-12(9)16)8-14(2,3)4/h5-7H,8H2,1-4H3,(H,17,18). The third-order valence-corrected chi connectivity index (χ3v) is 2.82. The third-order valence-electron chi connectivity index (χ3n) is 2.82. The molecule has 4 nitrogen and oxygen atoms in total. The molecule has 0 bridgehead atoms. The van der Waals surface area contributed by atoms with Crippen molar-refractivity contribution in [1.82, 2.24) is 9.38 Å². The molecule has 1 N–H and O–H groups in total. The van der Waals surface area contributed by atoms with E-state index >= 15 is 0 Å². The number of aromatic nitrogens is 2. The van der Waals surface area contributed by atoms with E-state index < -0.39 is 5.97 Å². The Morgan fingerprint density at radius 1 is 1.44 bits per heavy atom. The number of hydrogen-bond acceptors (Lipinski definition) is 2. The third kappa shape index (κ3) is 2.23. The first-order chi connectivity index (χ1) is 8.29. The van der Waals surface area contributed by atoms with Gasteiger partial charge in [-0.1, -0.05) is 26.8 Å². The van der Waals surface area contributed by atoms with E-state index in [0.29, 0.717) is 12.1 Å². The molecule has 18 heavy (non-hydrogen) atoms. The number of carbonyl (C=O) groups is 1. The lowest BCUT2D eigenvalue weighted by atomic mass is 9.90. The van der Waals surface area contributed by atoms with Crippen molar-refractivity contribution in [1.29, 1.82) is 0 Å². The highest BCUT2D eigenvalue weighted by molar-refractivity contribution is 5.88. The number of carboxylic acids is 1. The smallest absolute Gasteiger partial charge is 0.354 e. The Kier molecular flexibility index (Phi) is 2.89. The molecule has 0 saturated heterocycles. The van der Waals surface area contributed by atoms with Gasteiger partial charge in [-0.15, -0.1) is 0 Å². The van der Waals surface area contributed by atoms with Crippen LogP contribution >= 0.6 is 0 Å². The van der Waals surface area contributed by atoms with Crippen molar-refractivity contribution < 1.29 is 9.90 Å². The molecular weight excluding hydrogens is 228 g/mol. The first-order valence-corrected chi connectivity index (χ1v) is 5.99. The molecule has 96 valence electrons. The van der Waals surface area contributed by atoms with Crippen molar-refractivity contribution in [3.8, 4) is 0 Å². The van der Waals surface area contributed by atoms with Crippen LogP contribution in [0.2, 0.25) is 0 Å². The summed E-state index contributed by atoms with van der Waals surface area (Å²) in [6, 6.07) is 3.78. The predicted molar refractivity (Wildman–Crippen MR) is 70.0 cm³/mol. The highest BCUT2D eigenvalue weighted by Gasteiger charge is 2.23. The van der Waals surface area contributed by atoms with Crippen LogP contribution in [0.15, 0.2) is 18.3 Å². The van der Waals surface area contributed by atoms with Crippen molar-refractivity contribution in [2.45, 2.75) is 34.1 Å². The van der Waals surface area contributed by atoms with E-state index in [4.69, 9.17) is 0 Å². The summed E-state index contributed by atoms with van der Waals surface area (Å²) >= 11 is 0. The van der Waals surface area contributed by atoms with E-state index in [1.165, 1.54) is 0 Å². The van der Waals surface area contributed by atoms with Crippen molar-refractivity contribution in [3.05, 3.63) is 35.3 Å². The van der Waals surface area contributed by atoms with E-state index in [2.05, 4.69) is 25.8 Å². The normalized spacial score (nSPS) is 12.0.